The topological polar surface area (TPSA) is 64.0 Å². The fourth-order valence-electron chi connectivity index (χ4n) is 3.56. The minimum Gasteiger partial charge on any atom is -0.494 e. The van der Waals surface area contributed by atoms with E-state index >= 15 is 0 Å². The van der Waals surface area contributed by atoms with Gasteiger partial charge in [-0.3, -0.25) is 14.2 Å². The standard InChI is InChI=1S/C26H31N3O4/c1-7-32-21-15-13-20(14-16-21)29-22(25(30)27(3)4)18(2)24(23(29)26(31)28(5)6)33-17-19-11-9-8-10-12-19/h8-16H,7,17H2,1-6H3. The molecule has 2 amide bonds. The molecule has 7 nitrogen and oxygen atoms in total. The van der Waals surface area contributed by atoms with Gasteiger partial charge < -0.3 is 19.3 Å². The van der Waals surface area contributed by atoms with Crippen LogP contribution in [0.2, 0.25) is 0 Å². The van der Waals surface area contributed by atoms with E-state index in [1.807, 2.05) is 68.4 Å². The van der Waals surface area contributed by atoms with Crippen molar-refractivity contribution in [2.24, 2.45) is 0 Å². The average molecular weight is 450 g/mol. The molecule has 0 spiro atoms. The van der Waals surface area contributed by atoms with Crippen LogP contribution in [0.25, 0.3) is 5.69 Å². The Morgan fingerprint density at radius 3 is 1.94 bits per heavy atom. The number of amides is 2. The Balaban J connectivity index is 2.22. The number of ether oxygens (including phenoxy) is 2. The molecule has 3 aromatic rings. The molecule has 0 N–H and O–H groups in total. The Hall–Kier alpha value is -3.74. The van der Waals surface area contributed by atoms with Crippen molar-refractivity contribution < 1.29 is 19.1 Å². The van der Waals surface area contributed by atoms with Crippen molar-refractivity contribution in [3.8, 4) is 17.2 Å². The molecule has 0 aliphatic carbocycles. The highest BCUT2D eigenvalue weighted by atomic mass is 16.5. The first-order chi connectivity index (χ1) is 15.8. The summed E-state index contributed by atoms with van der Waals surface area (Å²) in [6, 6.07) is 17.0. The molecular weight excluding hydrogens is 418 g/mol. The van der Waals surface area contributed by atoms with Crippen LogP contribution in [-0.2, 0) is 6.61 Å². The number of benzene rings is 2. The summed E-state index contributed by atoms with van der Waals surface area (Å²) in [5.74, 6) is 0.639. The summed E-state index contributed by atoms with van der Waals surface area (Å²) in [6.45, 7) is 4.56. The molecule has 0 unspecified atom stereocenters. The molecule has 0 bridgehead atoms. The van der Waals surface area contributed by atoms with Gasteiger partial charge in [0.2, 0.25) is 0 Å². The third-order valence-electron chi connectivity index (χ3n) is 5.21. The first-order valence-corrected chi connectivity index (χ1v) is 10.8. The molecule has 0 fully saturated rings. The van der Waals surface area contributed by atoms with Gasteiger partial charge in [0.1, 0.15) is 18.1 Å². The van der Waals surface area contributed by atoms with Crippen LogP contribution in [0.15, 0.2) is 54.6 Å². The monoisotopic (exact) mass is 449 g/mol. The van der Waals surface area contributed by atoms with E-state index in [1.165, 1.54) is 9.80 Å². The Bertz CT molecular complexity index is 1120. The van der Waals surface area contributed by atoms with Gasteiger partial charge in [-0.05, 0) is 43.7 Å². The number of hydrogen-bond acceptors (Lipinski definition) is 4. The zero-order chi connectivity index (χ0) is 24.1. The summed E-state index contributed by atoms with van der Waals surface area (Å²) in [5.41, 5.74) is 2.95. The van der Waals surface area contributed by atoms with Crippen molar-refractivity contribution in [3.05, 3.63) is 77.1 Å². The molecule has 0 aliphatic rings. The van der Waals surface area contributed by atoms with Crippen LogP contribution in [0.3, 0.4) is 0 Å². The highest BCUT2D eigenvalue weighted by Crippen LogP contribution is 2.35. The Morgan fingerprint density at radius 1 is 0.818 bits per heavy atom. The van der Waals surface area contributed by atoms with Gasteiger partial charge in [-0.2, -0.15) is 0 Å². The molecular formula is C26H31N3O4. The minimum absolute atomic E-state index is 0.219. The van der Waals surface area contributed by atoms with Gasteiger partial charge in [-0.1, -0.05) is 30.3 Å². The van der Waals surface area contributed by atoms with E-state index in [0.717, 1.165) is 5.56 Å². The van der Waals surface area contributed by atoms with Gasteiger partial charge in [0.25, 0.3) is 11.8 Å². The number of hydrogen-bond donors (Lipinski definition) is 0. The fourth-order valence-corrected chi connectivity index (χ4v) is 3.56. The Kier molecular flexibility index (Phi) is 7.43. The molecule has 2 aromatic carbocycles. The maximum Gasteiger partial charge on any atom is 0.274 e. The molecule has 0 atom stereocenters. The smallest absolute Gasteiger partial charge is 0.274 e. The van der Waals surface area contributed by atoms with Gasteiger partial charge in [0.05, 0.1) is 6.61 Å². The number of carbonyl (C=O) groups excluding carboxylic acids is 2. The SMILES string of the molecule is CCOc1ccc(-n2c(C(=O)N(C)C)c(C)c(OCc3ccccc3)c2C(=O)N(C)C)cc1. The van der Waals surface area contributed by atoms with Crippen LogP contribution >= 0.6 is 0 Å². The maximum absolute atomic E-state index is 13.4. The normalized spacial score (nSPS) is 10.6. The summed E-state index contributed by atoms with van der Waals surface area (Å²) in [7, 11) is 6.74. The summed E-state index contributed by atoms with van der Waals surface area (Å²) >= 11 is 0. The first kappa shape index (κ1) is 23.9. The number of rotatable bonds is 8. The van der Waals surface area contributed by atoms with Crippen molar-refractivity contribution in [3.63, 3.8) is 0 Å². The molecule has 0 saturated carbocycles. The van der Waals surface area contributed by atoms with Crippen LogP contribution in [0, 0.1) is 6.92 Å². The van der Waals surface area contributed by atoms with Crippen molar-refractivity contribution >= 4 is 11.8 Å². The number of nitrogens with zero attached hydrogens (tertiary/aromatic N) is 3. The van der Waals surface area contributed by atoms with E-state index in [2.05, 4.69) is 0 Å². The molecule has 174 valence electrons. The Labute approximate surface area is 195 Å². The Morgan fingerprint density at radius 2 is 1.39 bits per heavy atom. The van der Waals surface area contributed by atoms with E-state index in [0.29, 0.717) is 40.7 Å². The largest absolute Gasteiger partial charge is 0.494 e. The van der Waals surface area contributed by atoms with Crippen molar-refractivity contribution in [2.45, 2.75) is 20.5 Å². The number of carbonyl (C=O) groups is 2. The second-order valence-electron chi connectivity index (χ2n) is 8.09. The second kappa shape index (κ2) is 10.3. The van der Waals surface area contributed by atoms with Crippen LogP contribution in [0.1, 0.15) is 39.0 Å². The zero-order valence-electron chi connectivity index (χ0n) is 20.1. The third kappa shape index (κ3) is 5.03. The van der Waals surface area contributed by atoms with Crippen LogP contribution in [-0.4, -0.2) is 61.0 Å². The van der Waals surface area contributed by atoms with Gasteiger partial charge in [0, 0.05) is 39.4 Å². The maximum atomic E-state index is 13.4. The average Bonchev–Trinajstić information content (AvgIpc) is 3.09. The van der Waals surface area contributed by atoms with E-state index in [9.17, 15) is 9.59 Å². The summed E-state index contributed by atoms with van der Waals surface area (Å²) in [5, 5.41) is 0. The molecule has 3 rings (SSSR count). The van der Waals surface area contributed by atoms with Gasteiger partial charge in [-0.25, -0.2) is 0 Å². The van der Waals surface area contributed by atoms with Crippen molar-refractivity contribution in [1.82, 2.24) is 14.4 Å². The second-order valence-corrected chi connectivity index (χ2v) is 8.09. The first-order valence-electron chi connectivity index (χ1n) is 10.8. The van der Waals surface area contributed by atoms with Gasteiger partial charge >= 0.3 is 0 Å². The van der Waals surface area contributed by atoms with Crippen LogP contribution < -0.4 is 9.47 Å². The highest BCUT2D eigenvalue weighted by Gasteiger charge is 2.32. The quantitative estimate of drug-likeness (QED) is 0.518. The van der Waals surface area contributed by atoms with Crippen molar-refractivity contribution in [1.29, 1.82) is 0 Å². The van der Waals surface area contributed by atoms with E-state index < -0.39 is 0 Å². The molecule has 1 aromatic heterocycles. The van der Waals surface area contributed by atoms with E-state index in [1.54, 1.807) is 32.8 Å². The van der Waals surface area contributed by atoms with E-state index in [-0.39, 0.29) is 18.4 Å². The third-order valence-corrected chi connectivity index (χ3v) is 5.21. The van der Waals surface area contributed by atoms with Crippen LogP contribution in [0.5, 0.6) is 11.5 Å². The van der Waals surface area contributed by atoms with Gasteiger partial charge in [0.15, 0.2) is 11.4 Å². The van der Waals surface area contributed by atoms with Gasteiger partial charge in [-0.15, -0.1) is 0 Å². The van der Waals surface area contributed by atoms with E-state index in [4.69, 9.17) is 9.47 Å². The lowest BCUT2D eigenvalue weighted by molar-refractivity contribution is 0.0811. The molecule has 1 heterocycles. The molecule has 0 saturated heterocycles. The molecule has 0 aliphatic heterocycles. The molecule has 33 heavy (non-hydrogen) atoms. The van der Waals surface area contributed by atoms with Crippen molar-refractivity contribution in [2.75, 3.05) is 34.8 Å². The summed E-state index contributed by atoms with van der Waals surface area (Å²) in [6.07, 6.45) is 0. The lowest BCUT2D eigenvalue weighted by atomic mass is 10.2. The lowest BCUT2D eigenvalue weighted by Crippen LogP contribution is -2.28. The summed E-state index contributed by atoms with van der Waals surface area (Å²) < 4.78 is 13.4. The number of aromatic nitrogens is 1. The van der Waals surface area contributed by atoms with Crippen LogP contribution in [0.4, 0.5) is 0 Å². The summed E-state index contributed by atoms with van der Waals surface area (Å²) in [4.78, 5) is 29.6. The predicted molar refractivity (Wildman–Crippen MR) is 128 cm³/mol. The highest BCUT2D eigenvalue weighted by molar-refractivity contribution is 6.02. The predicted octanol–water partition coefficient (Wildman–Crippen LogP) is 4.17. The molecule has 0 radical (unpaired) electrons. The molecule has 7 heteroatoms. The lowest BCUT2D eigenvalue weighted by Gasteiger charge is -2.18. The fraction of sp³-hybridized carbons (Fsp3) is 0.308. The minimum atomic E-state index is -0.257. The zero-order valence-corrected chi connectivity index (χ0v) is 20.1.